The fourth-order valence-electron chi connectivity index (χ4n) is 6.47. The average molecular weight is 472 g/mol. The number of carbonyl (C=O) groups excluding carboxylic acids is 3. The topological polar surface area (TPSA) is 79.0 Å². The van der Waals surface area contributed by atoms with Gasteiger partial charge in [0, 0.05) is 17.9 Å². The highest BCUT2D eigenvalue weighted by Crippen LogP contribution is 2.53. The predicted octanol–water partition coefficient (Wildman–Crippen LogP) is 3.98. The predicted molar refractivity (Wildman–Crippen MR) is 131 cm³/mol. The molecule has 2 saturated heterocycles. The molecule has 1 N–H and O–H groups in total. The van der Waals surface area contributed by atoms with Crippen LogP contribution in [0.15, 0.2) is 54.7 Å². The van der Waals surface area contributed by atoms with Gasteiger partial charge >= 0.3 is 0 Å². The number of methoxy groups -OCH3 is 1. The first-order chi connectivity index (χ1) is 17.1. The second-order valence-corrected chi connectivity index (χ2v) is 9.89. The van der Waals surface area contributed by atoms with Crippen LogP contribution in [-0.4, -0.2) is 46.7 Å². The Morgan fingerprint density at radius 2 is 1.66 bits per heavy atom. The lowest BCUT2D eigenvalue weighted by Crippen LogP contribution is -2.49. The van der Waals surface area contributed by atoms with Crippen molar-refractivity contribution in [1.29, 1.82) is 0 Å². The zero-order valence-corrected chi connectivity index (χ0v) is 19.7. The van der Waals surface area contributed by atoms with Gasteiger partial charge in [-0.3, -0.25) is 19.3 Å². The van der Waals surface area contributed by atoms with Gasteiger partial charge in [0.2, 0.25) is 17.7 Å². The number of nitrogens with zero attached hydrogens (tertiary/aromatic N) is 2. The minimum atomic E-state index is -0.762. The number of hydrogen-bond acceptors (Lipinski definition) is 5. The number of carbonyl (C=O) groups is 3. The molecule has 4 aliphatic rings. The van der Waals surface area contributed by atoms with Crippen molar-refractivity contribution >= 4 is 29.5 Å². The van der Waals surface area contributed by atoms with Crippen molar-refractivity contribution in [3.8, 4) is 5.75 Å². The summed E-state index contributed by atoms with van der Waals surface area (Å²) in [4.78, 5) is 44.9. The summed E-state index contributed by atoms with van der Waals surface area (Å²) < 4.78 is 5.21. The molecule has 0 spiro atoms. The van der Waals surface area contributed by atoms with Crippen LogP contribution in [0.2, 0.25) is 0 Å². The molecule has 0 aromatic heterocycles. The first kappa shape index (κ1) is 21.9. The molecule has 3 fully saturated rings. The number of amides is 3. The number of hydrogen-bond donors (Lipinski definition) is 1. The van der Waals surface area contributed by atoms with E-state index in [0.717, 1.165) is 43.2 Å². The van der Waals surface area contributed by atoms with Crippen LogP contribution in [0, 0.1) is 11.8 Å². The Bertz CT molecular complexity index is 1200. The number of imide groups is 1. The summed E-state index contributed by atoms with van der Waals surface area (Å²) in [5, 5.41) is 2.98. The first-order valence-corrected chi connectivity index (χ1v) is 12.4. The zero-order valence-electron chi connectivity index (χ0n) is 19.7. The molecule has 3 aliphatic heterocycles. The Hall–Kier alpha value is -3.61. The molecule has 7 nitrogen and oxygen atoms in total. The minimum Gasteiger partial charge on any atom is -0.497 e. The quantitative estimate of drug-likeness (QED) is 0.683. The third-order valence-electron chi connectivity index (χ3n) is 8.06. The van der Waals surface area contributed by atoms with E-state index in [1.54, 1.807) is 31.4 Å². The standard InChI is InChI=1S/C28H29N3O4/c1-35-20-13-11-18(12-14-20)29-26(32)25-23-22(24-21-10-6-5-7-17(21)15-16-30(24)25)27(33)31(28(23)34)19-8-3-2-4-9-19/h5-7,10-16,19,22-25H,2-4,8-9H2,1H3,(H,29,32)/t22-,23-,24+,25+/m0/s1. The van der Waals surface area contributed by atoms with E-state index >= 15 is 0 Å². The maximum atomic E-state index is 13.9. The van der Waals surface area contributed by atoms with Gasteiger partial charge < -0.3 is 15.0 Å². The van der Waals surface area contributed by atoms with Crippen molar-refractivity contribution < 1.29 is 19.1 Å². The van der Waals surface area contributed by atoms with Gasteiger partial charge in [-0.15, -0.1) is 0 Å². The van der Waals surface area contributed by atoms with E-state index in [4.69, 9.17) is 4.74 Å². The van der Waals surface area contributed by atoms with Gasteiger partial charge in [0.25, 0.3) is 0 Å². The highest BCUT2D eigenvalue weighted by Gasteiger charge is 2.65. The molecule has 4 atom stereocenters. The van der Waals surface area contributed by atoms with E-state index in [0.29, 0.717) is 11.4 Å². The zero-order chi connectivity index (χ0) is 24.1. The summed E-state index contributed by atoms with van der Waals surface area (Å²) in [7, 11) is 1.59. The summed E-state index contributed by atoms with van der Waals surface area (Å²) in [5.41, 5.74) is 2.65. The SMILES string of the molecule is COc1ccc(NC(=O)[C@H]2[C@H]3C(=O)N(C4CCCCC4)C(=O)[C@@H]3[C@H]3c4ccccc4C=CN32)cc1. The Morgan fingerprint density at radius 3 is 2.40 bits per heavy atom. The normalized spacial score (nSPS) is 27.5. The van der Waals surface area contributed by atoms with E-state index in [1.807, 2.05) is 41.4 Å². The van der Waals surface area contributed by atoms with Crippen LogP contribution in [0.5, 0.6) is 5.75 Å². The molecule has 7 heteroatoms. The van der Waals surface area contributed by atoms with Crippen LogP contribution in [0.3, 0.4) is 0 Å². The molecule has 1 saturated carbocycles. The van der Waals surface area contributed by atoms with E-state index in [1.165, 1.54) is 4.90 Å². The smallest absolute Gasteiger partial charge is 0.247 e. The Kier molecular flexibility index (Phi) is 5.35. The van der Waals surface area contributed by atoms with E-state index in [-0.39, 0.29) is 29.8 Å². The minimum absolute atomic E-state index is 0.0533. The van der Waals surface area contributed by atoms with Crippen molar-refractivity contribution in [2.24, 2.45) is 11.8 Å². The highest BCUT2D eigenvalue weighted by atomic mass is 16.5. The van der Waals surface area contributed by atoms with Crippen LogP contribution in [-0.2, 0) is 14.4 Å². The molecular weight excluding hydrogens is 442 g/mol. The molecule has 3 heterocycles. The summed E-state index contributed by atoms with van der Waals surface area (Å²) in [5.74, 6) is -1.16. The molecule has 3 amide bonds. The number of anilines is 1. The lowest BCUT2D eigenvalue weighted by atomic mass is 9.84. The van der Waals surface area contributed by atoms with Gasteiger partial charge in [-0.2, -0.15) is 0 Å². The molecule has 0 unspecified atom stereocenters. The Balaban J connectivity index is 1.38. The number of likely N-dealkylation sites (tertiary alicyclic amines) is 1. The number of benzene rings is 2. The average Bonchev–Trinajstić information content (AvgIpc) is 3.37. The summed E-state index contributed by atoms with van der Waals surface area (Å²) in [6.07, 6.45) is 8.75. The maximum absolute atomic E-state index is 13.9. The largest absolute Gasteiger partial charge is 0.497 e. The number of fused-ring (bicyclic) bond motifs is 5. The van der Waals surface area contributed by atoms with Crippen LogP contribution < -0.4 is 10.1 Å². The van der Waals surface area contributed by atoms with Crippen LogP contribution >= 0.6 is 0 Å². The van der Waals surface area contributed by atoms with Crippen molar-refractivity contribution in [2.45, 2.75) is 50.2 Å². The number of nitrogens with one attached hydrogen (secondary N) is 1. The van der Waals surface area contributed by atoms with Crippen molar-refractivity contribution in [1.82, 2.24) is 9.80 Å². The third-order valence-corrected chi connectivity index (χ3v) is 8.06. The maximum Gasteiger partial charge on any atom is 0.247 e. The second kappa shape index (κ2) is 8.56. The highest BCUT2D eigenvalue weighted by molar-refractivity contribution is 6.10. The molecule has 1 aliphatic carbocycles. The summed E-state index contributed by atoms with van der Waals surface area (Å²) >= 11 is 0. The molecule has 35 heavy (non-hydrogen) atoms. The molecule has 2 aromatic carbocycles. The first-order valence-electron chi connectivity index (χ1n) is 12.4. The monoisotopic (exact) mass is 471 g/mol. The number of rotatable bonds is 4. The van der Waals surface area contributed by atoms with Gasteiger partial charge in [-0.25, -0.2) is 0 Å². The molecule has 2 aromatic rings. The molecule has 180 valence electrons. The van der Waals surface area contributed by atoms with E-state index < -0.39 is 17.9 Å². The number of ether oxygens (including phenoxy) is 1. The van der Waals surface area contributed by atoms with Crippen LogP contribution in [0.1, 0.15) is 49.3 Å². The van der Waals surface area contributed by atoms with Crippen molar-refractivity contribution in [3.05, 3.63) is 65.9 Å². The lowest BCUT2D eigenvalue weighted by molar-refractivity contribution is -0.146. The molecule has 0 radical (unpaired) electrons. The third kappa shape index (κ3) is 3.44. The van der Waals surface area contributed by atoms with E-state index in [2.05, 4.69) is 5.32 Å². The second-order valence-electron chi connectivity index (χ2n) is 9.89. The van der Waals surface area contributed by atoms with Crippen LogP contribution in [0.25, 0.3) is 6.08 Å². The van der Waals surface area contributed by atoms with Crippen molar-refractivity contribution in [3.63, 3.8) is 0 Å². The Morgan fingerprint density at radius 1 is 0.943 bits per heavy atom. The van der Waals surface area contributed by atoms with Gasteiger partial charge in [0.1, 0.15) is 11.8 Å². The van der Waals surface area contributed by atoms with Crippen LogP contribution in [0.4, 0.5) is 5.69 Å². The lowest BCUT2D eigenvalue weighted by Gasteiger charge is -2.37. The summed E-state index contributed by atoms with van der Waals surface area (Å²) in [6, 6.07) is 13.9. The molecule has 0 bridgehead atoms. The summed E-state index contributed by atoms with van der Waals surface area (Å²) in [6.45, 7) is 0. The fraction of sp³-hybridized carbons (Fsp3) is 0.393. The van der Waals surface area contributed by atoms with Gasteiger partial charge in [-0.05, 0) is 54.3 Å². The van der Waals surface area contributed by atoms with Gasteiger partial charge in [-0.1, -0.05) is 43.5 Å². The van der Waals surface area contributed by atoms with Gasteiger partial charge in [0.05, 0.1) is 25.0 Å². The Labute approximate surface area is 204 Å². The molecular formula is C28H29N3O4. The van der Waals surface area contributed by atoms with Crippen molar-refractivity contribution in [2.75, 3.05) is 12.4 Å². The fourth-order valence-corrected chi connectivity index (χ4v) is 6.47. The molecule has 6 rings (SSSR count). The van der Waals surface area contributed by atoms with Gasteiger partial charge in [0.15, 0.2) is 0 Å². The van der Waals surface area contributed by atoms with E-state index in [9.17, 15) is 14.4 Å².